The predicted octanol–water partition coefficient (Wildman–Crippen LogP) is 11.0. The number of hydrogen-bond donors (Lipinski definition) is 1. The Labute approximate surface area is 306 Å². The molecule has 7 aromatic rings. The quantitative estimate of drug-likeness (QED) is 0.184. The third-order valence-corrected chi connectivity index (χ3v) is 11.4. The van der Waals surface area contributed by atoms with Crippen molar-refractivity contribution in [1.82, 2.24) is 0 Å². The molecule has 0 aromatic heterocycles. The maximum atomic E-state index is 4.00. The summed E-state index contributed by atoms with van der Waals surface area (Å²) in [7, 11) is 0. The fourth-order valence-corrected chi connectivity index (χ4v) is 9.13. The van der Waals surface area contributed by atoms with Gasteiger partial charge in [-0.2, -0.15) is 0 Å². The predicted molar refractivity (Wildman–Crippen MR) is 218 cm³/mol. The second kappa shape index (κ2) is 12.3. The summed E-state index contributed by atoms with van der Waals surface area (Å²) in [5.74, 6) is 0. The van der Waals surface area contributed by atoms with E-state index >= 15 is 0 Å². The van der Waals surface area contributed by atoms with Gasteiger partial charge in [0.25, 0.3) is 0 Å². The van der Waals surface area contributed by atoms with E-state index in [1.807, 2.05) is 19.9 Å². The number of fused-ring (bicyclic) bond motifs is 11. The molecule has 3 aliphatic carbocycles. The van der Waals surface area contributed by atoms with Crippen LogP contribution >= 0.6 is 0 Å². The topological polar surface area (TPSA) is 12.0 Å². The van der Waals surface area contributed by atoms with E-state index in [0.29, 0.717) is 0 Å². The summed E-state index contributed by atoms with van der Waals surface area (Å²) < 4.78 is 0. The molecule has 0 saturated heterocycles. The molecular weight excluding hydrogens is 627 g/mol. The van der Waals surface area contributed by atoms with Gasteiger partial charge in [0.15, 0.2) is 0 Å². The van der Waals surface area contributed by atoms with E-state index in [0.717, 1.165) is 16.1 Å². The van der Waals surface area contributed by atoms with Crippen LogP contribution in [-0.2, 0) is 10.8 Å². The summed E-state index contributed by atoms with van der Waals surface area (Å²) in [6.07, 6.45) is 4.05. The molecule has 1 atom stereocenters. The largest absolute Gasteiger partial charge is 0.374 e. The highest BCUT2D eigenvalue weighted by atomic mass is 14.9. The van der Waals surface area contributed by atoms with Gasteiger partial charge in [-0.1, -0.05) is 167 Å². The lowest BCUT2D eigenvalue weighted by atomic mass is 9.55. The zero-order valence-corrected chi connectivity index (χ0v) is 30.2. The van der Waals surface area contributed by atoms with Crippen molar-refractivity contribution < 1.29 is 0 Å². The third kappa shape index (κ3) is 4.64. The van der Waals surface area contributed by atoms with Crippen molar-refractivity contribution in [1.29, 1.82) is 0 Å². The Balaban J connectivity index is 0.00000177. The SMILES string of the molecule is CC.CC1(C)c2ccccc2C2(c3ccccc3-c3ccc(C(Nc4ccc5c(c4)=CC=C=C=5)c4ccc5ccccc5c4)cc32)c2ccccc21. The second-order valence-electron chi connectivity index (χ2n) is 14.4. The zero-order chi connectivity index (χ0) is 35.5. The van der Waals surface area contributed by atoms with Crippen LogP contribution in [0, 0.1) is 0 Å². The molecule has 0 amide bonds. The van der Waals surface area contributed by atoms with E-state index in [1.165, 1.54) is 66.4 Å². The summed E-state index contributed by atoms with van der Waals surface area (Å²) in [6, 6.07) is 56.6. The molecule has 0 heterocycles. The number of nitrogens with one attached hydrogen (secondary N) is 1. The Morgan fingerprint density at radius 3 is 1.87 bits per heavy atom. The molecule has 7 aromatic carbocycles. The van der Waals surface area contributed by atoms with Gasteiger partial charge < -0.3 is 5.32 Å². The summed E-state index contributed by atoms with van der Waals surface area (Å²) in [5.41, 5.74) is 20.2. The van der Waals surface area contributed by atoms with E-state index in [4.69, 9.17) is 0 Å². The molecule has 0 radical (unpaired) electrons. The summed E-state index contributed by atoms with van der Waals surface area (Å²) in [6.45, 7) is 8.77. The fraction of sp³-hybridized carbons (Fsp3) is 0.137. The van der Waals surface area contributed by atoms with E-state index in [1.54, 1.807) is 0 Å². The first-order valence-electron chi connectivity index (χ1n) is 18.6. The first-order chi connectivity index (χ1) is 25.5. The van der Waals surface area contributed by atoms with Gasteiger partial charge in [0.2, 0.25) is 0 Å². The number of hydrogen-bond acceptors (Lipinski definition) is 1. The van der Waals surface area contributed by atoms with E-state index in [-0.39, 0.29) is 11.5 Å². The van der Waals surface area contributed by atoms with Gasteiger partial charge in [0.05, 0.1) is 11.5 Å². The number of anilines is 1. The molecule has 1 heteroatoms. The molecule has 10 rings (SSSR count). The lowest BCUT2D eigenvalue weighted by Gasteiger charge is -2.46. The van der Waals surface area contributed by atoms with Crippen molar-refractivity contribution in [3.8, 4) is 11.1 Å². The van der Waals surface area contributed by atoms with Crippen molar-refractivity contribution in [2.45, 2.75) is 44.6 Å². The minimum absolute atomic E-state index is 0.0899. The zero-order valence-electron chi connectivity index (χ0n) is 30.2. The van der Waals surface area contributed by atoms with E-state index < -0.39 is 5.41 Å². The average molecular weight is 668 g/mol. The van der Waals surface area contributed by atoms with Crippen LogP contribution in [0.25, 0.3) is 33.7 Å². The van der Waals surface area contributed by atoms with Crippen LogP contribution in [0.3, 0.4) is 0 Å². The number of rotatable bonds is 4. The maximum Gasteiger partial charge on any atom is 0.0767 e. The minimum atomic E-state index is -0.437. The summed E-state index contributed by atoms with van der Waals surface area (Å²) in [4.78, 5) is 0. The van der Waals surface area contributed by atoms with Gasteiger partial charge in [0, 0.05) is 16.3 Å². The monoisotopic (exact) mass is 667 g/mol. The lowest BCUT2D eigenvalue weighted by Crippen LogP contribution is -2.40. The molecule has 1 N–H and O–H groups in total. The number of allylic oxidation sites excluding steroid dienone is 1. The Hall–Kier alpha value is -6.10. The third-order valence-electron chi connectivity index (χ3n) is 11.4. The van der Waals surface area contributed by atoms with Crippen LogP contribution < -0.4 is 15.8 Å². The highest BCUT2D eigenvalue weighted by Gasteiger charge is 2.53. The molecule has 1 nitrogen and oxygen atoms in total. The van der Waals surface area contributed by atoms with E-state index in [2.05, 4.69) is 188 Å². The maximum absolute atomic E-state index is 4.00. The van der Waals surface area contributed by atoms with Crippen molar-refractivity contribution in [3.05, 3.63) is 218 Å². The van der Waals surface area contributed by atoms with Gasteiger partial charge in [-0.3, -0.25) is 0 Å². The number of benzene rings is 7. The molecule has 0 bridgehead atoms. The van der Waals surface area contributed by atoms with Gasteiger partial charge >= 0.3 is 0 Å². The fourth-order valence-electron chi connectivity index (χ4n) is 9.13. The van der Waals surface area contributed by atoms with Crippen molar-refractivity contribution >= 4 is 28.3 Å². The van der Waals surface area contributed by atoms with Gasteiger partial charge in [-0.25, -0.2) is 0 Å². The van der Waals surface area contributed by atoms with Crippen LogP contribution in [0.4, 0.5) is 5.69 Å². The lowest BCUT2D eigenvalue weighted by molar-refractivity contribution is 0.563. The van der Waals surface area contributed by atoms with Crippen LogP contribution in [-0.4, -0.2) is 0 Å². The molecule has 0 saturated carbocycles. The normalized spacial score (nSPS) is 15.1. The summed E-state index contributed by atoms with van der Waals surface area (Å²) >= 11 is 0. The first-order valence-corrected chi connectivity index (χ1v) is 18.6. The Bertz CT molecular complexity index is 2700. The van der Waals surface area contributed by atoms with Gasteiger partial charge in [-0.15, -0.1) is 0 Å². The Kier molecular flexibility index (Phi) is 7.53. The van der Waals surface area contributed by atoms with Gasteiger partial charge in [0.1, 0.15) is 0 Å². The molecule has 0 fully saturated rings. The van der Waals surface area contributed by atoms with Crippen LogP contribution in [0.2, 0.25) is 0 Å². The summed E-state index contributed by atoms with van der Waals surface area (Å²) in [5, 5.41) is 8.69. The van der Waals surface area contributed by atoms with Crippen LogP contribution in [0.1, 0.15) is 78.2 Å². The molecule has 3 aliphatic rings. The molecule has 1 unspecified atom stereocenters. The minimum Gasteiger partial charge on any atom is -0.374 e. The van der Waals surface area contributed by atoms with Crippen molar-refractivity contribution in [2.24, 2.45) is 0 Å². The second-order valence-corrected chi connectivity index (χ2v) is 14.4. The van der Waals surface area contributed by atoms with Crippen LogP contribution in [0.5, 0.6) is 0 Å². The Morgan fingerprint density at radius 1 is 0.519 bits per heavy atom. The molecule has 52 heavy (non-hydrogen) atoms. The van der Waals surface area contributed by atoms with Crippen molar-refractivity contribution in [3.63, 3.8) is 0 Å². The molecular formula is C51H41N. The highest BCUT2D eigenvalue weighted by molar-refractivity contribution is 5.89. The average Bonchev–Trinajstić information content (AvgIpc) is 3.50. The highest BCUT2D eigenvalue weighted by Crippen LogP contribution is 2.62. The van der Waals surface area contributed by atoms with E-state index in [9.17, 15) is 0 Å². The standard InChI is InChI=1S/C49H35N.C2H6/c1-48(2)42-19-9-11-21-44(42)49(45-22-12-10-20-43(45)48)41-18-8-7-17-39(41)40-28-26-37(31-46(40)49)47(36-24-23-32-13-3-5-15-34(32)29-36)50-38-27-25-33-14-4-6-16-35(33)30-38;1-2/h3,5-13,15-31,47,50H,1-2H3;1-2H3. The first kappa shape index (κ1) is 31.9. The van der Waals surface area contributed by atoms with Gasteiger partial charge in [-0.05, 0) is 108 Å². The molecule has 250 valence electrons. The van der Waals surface area contributed by atoms with Crippen LogP contribution in [0.15, 0.2) is 163 Å². The molecule has 0 aliphatic heterocycles. The molecule has 1 spiro atoms. The Morgan fingerprint density at radius 2 is 1.12 bits per heavy atom. The smallest absolute Gasteiger partial charge is 0.0767 e. The van der Waals surface area contributed by atoms with Crippen molar-refractivity contribution in [2.75, 3.05) is 5.32 Å².